The Morgan fingerprint density at radius 1 is 1.09 bits per heavy atom. The SMILES string of the molecule is CC(C)C(NC(=O)Nc1ccc(Cl)c(Cl)c1)C(=O)N1CCN(C(=O)CCC2CCCC2)C(C)C1. The van der Waals surface area contributed by atoms with Crippen LogP contribution >= 0.6 is 23.2 Å². The zero-order chi connectivity index (χ0) is 24.8. The van der Waals surface area contributed by atoms with E-state index in [0.29, 0.717) is 47.7 Å². The van der Waals surface area contributed by atoms with Crippen molar-refractivity contribution in [3.8, 4) is 0 Å². The second-order valence-corrected chi connectivity index (χ2v) is 10.7. The molecule has 0 bridgehead atoms. The number of amides is 4. The smallest absolute Gasteiger partial charge is 0.319 e. The molecule has 2 unspecified atom stereocenters. The molecule has 1 heterocycles. The van der Waals surface area contributed by atoms with Crippen molar-refractivity contribution in [3.63, 3.8) is 0 Å². The molecule has 2 fully saturated rings. The van der Waals surface area contributed by atoms with E-state index in [1.54, 1.807) is 23.1 Å². The van der Waals surface area contributed by atoms with E-state index in [2.05, 4.69) is 10.6 Å². The van der Waals surface area contributed by atoms with Gasteiger partial charge in [0.25, 0.3) is 0 Å². The predicted molar refractivity (Wildman–Crippen MR) is 136 cm³/mol. The number of rotatable bonds is 7. The second kappa shape index (κ2) is 12.1. The third kappa shape index (κ3) is 7.01. The van der Waals surface area contributed by atoms with Gasteiger partial charge in [0.2, 0.25) is 11.8 Å². The first-order valence-corrected chi connectivity index (χ1v) is 13.0. The van der Waals surface area contributed by atoms with Crippen LogP contribution in [0.3, 0.4) is 0 Å². The highest BCUT2D eigenvalue weighted by Crippen LogP contribution is 2.29. The quantitative estimate of drug-likeness (QED) is 0.530. The van der Waals surface area contributed by atoms with Gasteiger partial charge < -0.3 is 20.4 Å². The van der Waals surface area contributed by atoms with Gasteiger partial charge in [-0.15, -0.1) is 0 Å². The summed E-state index contributed by atoms with van der Waals surface area (Å²) < 4.78 is 0. The fourth-order valence-electron chi connectivity index (χ4n) is 4.89. The summed E-state index contributed by atoms with van der Waals surface area (Å²) in [4.78, 5) is 42.3. The monoisotopic (exact) mass is 510 g/mol. The van der Waals surface area contributed by atoms with E-state index in [9.17, 15) is 14.4 Å². The van der Waals surface area contributed by atoms with Crippen LogP contribution in [0.25, 0.3) is 0 Å². The molecule has 1 saturated carbocycles. The van der Waals surface area contributed by atoms with E-state index in [-0.39, 0.29) is 23.8 Å². The number of hydrogen-bond donors (Lipinski definition) is 2. The largest absolute Gasteiger partial charge is 0.337 e. The summed E-state index contributed by atoms with van der Waals surface area (Å²) in [5.74, 6) is 0.638. The molecule has 2 N–H and O–H groups in total. The molecule has 1 aromatic rings. The van der Waals surface area contributed by atoms with Gasteiger partial charge in [-0.3, -0.25) is 9.59 Å². The van der Waals surface area contributed by atoms with Crippen molar-refractivity contribution in [1.29, 1.82) is 0 Å². The topological polar surface area (TPSA) is 81.8 Å². The van der Waals surface area contributed by atoms with E-state index in [1.165, 1.54) is 25.7 Å². The summed E-state index contributed by atoms with van der Waals surface area (Å²) in [6.07, 6.45) is 6.62. The average Bonchev–Trinajstić information content (AvgIpc) is 3.31. The average molecular weight is 511 g/mol. The van der Waals surface area contributed by atoms with Crippen molar-refractivity contribution in [2.24, 2.45) is 11.8 Å². The number of urea groups is 1. The highest BCUT2D eigenvalue weighted by atomic mass is 35.5. The van der Waals surface area contributed by atoms with E-state index >= 15 is 0 Å². The van der Waals surface area contributed by atoms with Crippen LogP contribution in [0.1, 0.15) is 59.3 Å². The Morgan fingerprint density at radius 3 is 2.41 bits per heavy atom. The van der Waals surface area contributed by atoms with Gasteiger partial charge >= 0.3 is 6.03 Å². The van der Waals surface area contributed by atoms with Crippen molar-refractivity contribution in [1.82, 2.24) is 15.1 Å². The first-order chi connectivity index (χ1) is 16.2. The van der Waals surface area contributed by atoms with Crippen molar-refractivity contribution in [3.05, 3.63) is 28.2 Å². The molecular weight excluding hydrogens is 475 g/mol. The van der Waals surface area contributed by atoms with E-state index in [0.717, 1.165) is 6.42 Å². The highest BCUT2D eigenvalue weighted by Gasteiger charge is 2.34. The van der Waals surface area contributed by atoms with Gasteiger partial charge in [-0.2, -0.15) is 0 Å². The second-order valence-electron chi connectivity index (χ2n) is 9.86. The van der Waals surface area contributed by atoms with Gasteiger partial charge in [-0.05, 0) is 43.4 Å². The molecule has 0 radical (unpaired) electrons. The first kappa shape index (κ1) is 26.6. The van der Waals surface area contributed by atoms with Crippen molar-refractivity contribution >= 4 is 46.7 Å². The van der Waals surface area contributed by atoms with Crippen LogP contribution < -0.4 is 10.6 Å². The molecule has 1 aliphatic carbocycles. The number of anilines is 1. The fourth-order valence-corrected chi connectivity index (χ4v) is 5.19. The van der Waals surface area contributed by atoms with Crippen LogP contribution in [0.5, 0.6) is 0 Å². The Balaban J connectivity index is 1.53. The summed E-state index contributed by atoms with van der Waals surface area (Å²) in [6.45, 7) is 7.24. The maximum atomic E-state index is 13.3. The summed E-state index contributed by atoms with van der Waals surface area (Å²) >= 11 is 11.9. The molecule has 1 saturated heterocycles. The molecule has 1 aromatic carbocycles. The highest BCUT2D eigenvalue weighted by molar-refractivity contribution is 6.42. The normalized spacial score (nSPS) is 19.9. The predicted octanol–water partition coefficient (Wildman–Crippen LogP) is 5.17. The number of nitrogens with one attached hydrogen (secondary N) is 2. The molecule has 3 rings (SSSR count). The fraction of sp³-hybridized carbons (Fsp3) is 0.640. The molecule has 4 amide bonds. The number of carbonyl (C=O) groups is 3. The van der Waals surface area contributed by atoms with Crippen LogP contribution in [0, 0.1) is 11.8 Å². The van der Waals surface area contributed by atoms with E-state index < -0.39 is 12.1 Å². The third-order valence-electron chi connectivity index (χ3n) is 6.90. The minimum Gasteiger partial charge on any atom is -0.337 e. The van der Waals surface area contributed by atoms with Crippen molar-refractivity contribution < 1.29 is 14.4 Å². The lowest BCUT2D eigenvalue weighted by Gasteiger charge is -2.41. The van der Waals surface area contributed by atoms with Gasteiger partial charge in [0.15, 0.2) is 0 Å². The van der Waals surface area contributed by atoms with Crippen LogP contribution in [-0.2, 0) is 9.59 Å². The number of piperazine rings is 1. The summed E-state index contributed by atoms with van der Waals surface area (Å²) in [5.41, 5.74) is 0.486. The van der Waals surface area contributed by atoms with Gasteiger partial charge in [0.05, 0.1) is 10.0 Å². The Bertz CT molecular complexity index is 889. The minimum atomic E-state index is -0.681. The molecule has 0 spiro atoms. The Kier molecular flexibility index (Phi) is 9.48. The molecule has 7 nitrogen and oxygen atoms in total. The minimum absolute atomic E-state index is 0.0494. The molecular formula is C25H36Cl2N4O3. The van der Waals surface area contributed by atoms with Crippen LogP contribution in [0.2, 0.25) is 10.0 Å². The number of nitrogens with zero attached hydrogens (tertiary/aromatic N) is 2. The maximum absolute atomic E-state index is 13.3. The zero-order valence-electron chi connectivity index (χ0n) is 20.3. The molecule has 34 heavy (non-hydrogen) atoms. The first-order valence-electron chi connectivity index (χ1n) is 12.3. The Morgan fingerprint density at radius 2 is 1.79 bits per heavy atom. The summed E-state index contributed by atoms with van der Waals surface area (Å²) in [5, 5.41) is 6.23. The number of hydrogen-bond acceptors (Lipinski definition) is 3. The summed E-state index contributed by atoms with van der Waals surface area (Å²) in [6, 6.07) is 3.58. The van der Waals surface area contributed by atoms with Crippen molar-refractivity contribution in [2.75, 3.05) is 25.0 Å². The van der Waals surface area contributed by atoms with E-state index in [4.69, 9.17) is 23.2 Å². The van der Waals surface area contributed by atoms with Gasteiger partial charge in [0.1, 0.15) is 6.04 Å². The van der Waals surface area contributed by atoms with Gasteiger partial charge in [-0.25, -0.2) is 4.79 Å². The Labute approximate surface area is 212 Å². The third-order valence-corrected chi connectivity index (χ3v) is 7.64. The molecule has 2 aliphatic rings. The molecule has 2 atom stereocenters. The van der Waals surface area contributed by atoms with Gasteiger partial charge in [-0.1, -0.05) is 62.7 Å². The van der Waals surface area contributed by atoms with Crippen LogP contribution in [0.4, 0.5) is 10.5 Å². The lowest BCUT2D eigenvalue weighted by atomic mass is 10.00. The van der Waals surface area contributed by atoms with E-state index in [1.807, 2.05) is 25.7 Å². The van der Waals surface area contributed by atoms with Crippen LogP contribution in [-0.4, -0.2) is 59.4 Å². The Hall–Kier alpha value is -1.99. The lowest BCUT2D eigenvalue weighted by molar-refractivity contribution is -0.144. The molecule has 9 heteroatoms. The molecule has 0 aromatic heterocycles. The number of carbonyl (C=O) groups excluding carboxylic acids is 3. The zero-order valence-corrected chi connectivity index (χ0v) is 21.8. The van der Waals surface area contributed by atoms with Crippen LogP contribution in [0.15, 0.2) is 18.2 Å². The summed E-state index contributed by atoms with van der Waals surface area (Å²) in [7, 11) is 0. The van der Waals surface area contributed by atoms with Gasteiger partial charge in [0, 0.05) is 37.8 Å². The standard InChI is InChI=1S/C25H36Cl2N4O3/c1-16(2)23(29-25(34)28-19-9-10-20(26)21(27)14-19)24(33)30-12-13-31(17(3)15-30)22(32)11-8-18-6-4-5-7-18/h9-10,14,16-18,23H,4-8,11-13,15H2,1-3H3,(H2,28,29,34). The van der Waals surface area contributed by atoms with Crippen molar-refractivity contribution in [2.45, 2.75) is 71.4 Å². The molecule has 1 aliphatic heterocycles. The lowest BCUT2D eigenvalue weighted by Crippen LogP contribution is -2.60. The molecule has 188 valence electrons. The number of benzene rings is 1. The maximum Gasteiger partial charge on any atom is 0.319 e. The number of halogens is 2.